The van der Waals surface area contributed by atoms with Crippen molar-refractivity contribution in [3.63, 3.8) is 0 Å². The summed E-state index contributed by atoms with van der Waals surface area (Å²) in [5.41, 5.74) is 4.97. The highest BCUT2D eigenvalue weighted by atomic mass is 32.2. The van der Waals surface area contributed by atoms with Crippen molar-refractivity contribution in [1.82, 2.24) is 9.21 Å². The van der Waals surface area contributed by atoms with Gasteiger partial charge in [-0.1, -0.05) is 6.07 Å². The maximum atomic E-state index is 13.0. The Morgan fingerprint density at radius 2 is 1.79 bits per heavy atom. The predicted molar refractivity (Wildman–Crippen MR) is 125 cm³/mol. The van der Waals surface area contributed by atoms with E-state index in [0.29, 0.717) is 17.3 Å². The van der Waals surface area contributed by atoms with Gasteiger partial charge in [-0.15, -0.1) is 0 Å². The van der Waals surface area contributed by atoms with Crippen LogP contribution in [0.25, 0.3) is 0 Å². The van der Waals surface area contributed by atoms with E-state index in [4.69, 9.17) is 4.74 Å². The molecule has 1 aliphatic heterocycles. The van der Waals surface area contributed by atoms with E-state index in [1.807, 2.05) is 0 Å². The molecule has 0 bridgehead atoms. The van der Waals surface area contributed by atoms with Crippen molar-refractivity contribution in [3.8, 4) is 0 Å². The number of urea groups is 1. The second-order valence-corrected chi connectivity index (χ2v) is 10.8. The van der Waals surface area contributed by atoms with Gasteiger partial charge >= 0.3 is 12.1 Å². The van der Waals surface area contributed by atoms with Gasteiger partial charge in [-0.25, -0.2) is 13.9 Å². The standard InChI is InChI=1S/C24H33N3O5S/c1-24(2,3)32-23(29)26-13-6-9-18(26)12-14-27(33(30)31)22(28)25-21-19-10-4-7-16(19)15-17-8-5-11-20(17)21/h12,14-15,18H,4-11,13H2,1-3H3,(H,25,28)(H,30,31)/p-1/b14-12+/t18-/m1/s1. The molecular weight excluding hydrogens is 442 g/mol. The van der Waals surface area contributed by atoms with Crippen LogP contribution in [0.3, 0.4) is 0 Å². The Balaban J connectivity index is 1.51. The van der Waals surface area contributed by atoms with Gasteiger partial charge in [-0.05, 0) is 100 Å². The minimum absolute atomic E-state index is 0.330. The van der Waals surface area contributed by atoms with Crippen LogP contribution in [0.1, 0.15) is 68.7 Å². The molecule has 0 aromatic heterocycles. The molecular formula is C24H32N3O5S-. The number of carbonyl (C=O) groups is 2. The second kappa shape index (κ2) is 9.46. The first-order chi connectivity index (χ1) is 15.6. The normalized spacial score (nSPS) is 20.6. The first-order valence-corrected chi connectivity index (χ1v) is 12.7. The second-order valence-electron chi connectivity index (χ2n) is 9.93. The number of hydrogen-bond donors (Lipinski definition) is 1. The third-order valence-corrected chi connectivity index (χ3v) is 7.05. The molecule has 4 rings (SSSR count). The highest BCUT2D eigenvalue weighted by molar-refractivity contribution is 7.77. The lowest BCUT2D eigenvalue weighted by Crippen LogP contribution is -2.39. The molecule has 3 amide bonds. The number of fused-ring (bicyclic) bond motifs is 2. The zero-order chi connectivity index (χ0) is 23.8. The molecule has 9 heteroatoms. The molecule has 0 spiro atoms. The molecule has 2 aliphatic carbocycles. The summed E-state index contributed by atoms with van der Waals surface area (Å²) < 4.78 is 30.0. The fourth-order valence-corrected chi connectivity index (χ4v) is 5.38. The molecule has 1 heterocycles. The lowest BCUT2D eigenvalue weighted by atomic mass is 9.99. The van der Waals surface area contributed by atoms with E-state index >= 15 is 0 Å². The summed E-state index contributed by atoms with van der Waals surface area (Å²) in [6, 6.07) is 1.22. The van der Waals surface area contributed by atoms with E-state index in [9.17, 15) is 18.4 Å². The minimum Gasteiger partial charge on any atom is -0.755 e. The molecule has 0 radical (unpaired) electrons. The third-order valence-electron chi connectivity index (χ3n) is 6.44. The van der Waals surface area contributed by atoms with E-state index in [0.717, 1.165) is 61.8 Å². The summed E-state index contributed by atoms with van der Waals surface area (Å²) >= 11 is -2.79. The van der Waals surface area contributed by atoms with Gasteiger partial charge in [0.2, 0.25) is 0 Å². The fourth-order valence-electron chi connectivity index (χ4n) is 5.03. The van der Waals surface area contributed by atoms with E-state index < -0.39 is 29.0 Å². The summed E-state index contributed by atoms with van der Waals surface area (Å²) in [7, 11) is 0. The number of hydrogen-bond acceptors (Lipinski definition) is 5. The number of rotatable bonds is 4. The van der Waals surface area contributed by atoms with Gasteiger partial charge in [0.25, 0.3) is 0 Å². The quantitative estimate of drug-likeness (QED) is 0.659. The van der Waals surface area contributed by atoms with Crippen LogP contribution in [0, 0.1) is 0 Å². The highest BCUT2D eigenvalue weighted by Gasteiger charge is 2.31. The van der Waals surface area contributed by atoms with Crippen molar-refractivity contribution in [1.29, 1.82) is 0 Å². The number of ether oxygens (including phenoxy) is 1. The Hall–Kier alpha value is -2.39. The van der Waals surface area contributed by atoms with Crippen LogP contribution >= 0.6 is 0 Å². The molecule has 3 aliphatic rings. The number of nitrogens with zero attached hydrogens (tertiary/aromatic N) is 2. The van der Waals surface area contributed by atoms with Crippen LogP contribution in [0.5, 0.6) is 0 Å². The van der Waals surface area contributed by atoms with E-state index in [1.54, 1.807) is 31.7 Å². The van der Waals surface area contributed by atoms with Crippen molar-refractivity contribution in [2.45, 2.75) is 83.8 Å². The van der Waals surface area contributed by atoms with Crippen molar-refractivity contribution < 1.29 is 23.1 Å². The van der Waals surface area contributed by atoms with Gasteiger partial charge in [0, 0.05) is 18.4 Å². The van der Waals surface area contributed by atoms with Crippen LogP contribution in [-0.4, -0.2) is 48.3 Å². The number of aryl methyl sites for hydroxylation is 2. The Bertz CT molecular complexity index is 969. The molecule has 1 unspecified atom stereocenters. The van der Waals surface area contributed by atoms with Crippen LogP contribution in [0.4, 0.5) is 15.3 Å². The molecule has 1 aromatic rings. The molecule has 33 heavy (non-hydrogen) atoms. The molecule has 8 nitrogen and oxygen atoms in total. The summed E-state index contributed by atoms with van der Waals surface area (Å²) in [5, 5.41) is 2.90. The van der Waals surface area contributed by atoms with Crippen LogP contribution in [0.2, 0.25) is 0 Å². The predicted octanol–water partition coefficient (Wildman–Crippen LogP) is 4.21. The largest absolute Gasteiger partial charge is 0.755 e. The Kier molecular flexibility index (Phi) is 6.81. The average Bonchev–Trinajstić information content (AvgIpc) is 3.46. The third kappa shape index (κ3) is 5.24. The van der Waals surface area contributed by atoms with Crippen molar-refractivity contribution in [3.05, 3.63) is 40.6 Å². The highest BCUT2D eigenvalue weighted by Crippen LogP contribution is 2.38. The number of carbonyl (C=O) groups excluding carboxylic acids is 2. The maximum absolute atomic E-state index is 13.0. The summed E-state index contributed by atoms with van der Waals surface area (Å²) in [4.78, 5) is 27.1. The van der Waals surface area contributed by atoms with Gasteiger partial charge in [-0.3, -0.25) is 4.21 Å². The maximum Gasteiger partial charge on any atom is 0.410 e. The number of anilines is 1. The fraction of sp³-hybridized carbons (Fsp3) is 0.583. The molecule has 1 fully saturated rings. The Labute approximate surface area is 197 Å². The summed E-state index contributed by atoms with van der Waals surface area (Å²) in [5.74, 6) is 0. The van der Waals surface area contributed by atoms with Crippen molar-refractivity contribution in [2.75, 3.05) is 11.9 Å². The Morgan fingerprint density at radius 1 is 1.15 bits per heavy atom. The first-order valence-electron chi connectivity index (χ1n) is 11.7. The number of likely N-dealkylation sites (tertiary alicyclic amines) is 1. The van der Waals surface area contributed by atoms with Crippen LogP contribution in [0.15, 0.2) is 18.3 Å². The molecule has 1 aromatic carbocycles. The van der Waals surface area contributed by atoms with E-state index in [1.165, 1.54) is 17.3 Å². The molecule has 0 saturated carbocycles. The van der Waals surface area contributed by atoms with Crippen LogP contribution in [-0.2, 0) is 41.7 Å². The number of benzene rings is 1. The SMILES string of the molecule is CC(C)(C)OC(=O)N1CCC[C@@H]1/C=C/N(C(=O)Nc1c2c(cc3c1CCC3)CCC2)S(=O)[O-]. The molecule has 1 N–H and O–H groups in total. The number of amides is 3. The summed E-state index contributed by atoms with van der Waals surface area (Å²) in [6.45, 7) is 5.93. The Morgan fingerprint density at radius 3 is 2.36 bits per heavy atom. The average molecular weight is 475 g/mol. The summed E-state index contributed by atoms with van der Waals surface area (Å²) in [6.07, 6.45) is 9.70. The van der Waals surface area contributed by atoms with Crippen molar-refractivity contribution >= 4 is 29.1 Å². The lowest BCUT2D eigenvalue weighted by molar-refractivity contribution is 0.0255. The van der Waals surface area contributed by atoms with Gasteiger partial charge < -0.3 is 19.5 Å². The van der Waals surface area contributed by atoms with Gasteiger partial charge in [0.05, 0.1) is 17.3 Å². The minimum atomic E-state index is -2.79. The van der Waals surface area contributed by atoms with Gasteiger partial charge in [0.15, 0.2) is 0 Å². The molecule has 2 atom stereocenters. The molecule has 180 valence electrons. The zero-order valence-corrected chi connectivity index (χ0v) is 20.3. The number of nitrogens with one attached hydrogen (secondary N) is 1. The van der Waals surface area contributed by atoms with E-state index in [-0.39, 0.29) is 6.04 Å². The van der Waals surface area contributed by atoms with Gasteiger partial charge in [0.1, 0.15) is 5.60 Å². The van der Waals surface area contributed by atoms with Gasteiger partial charge in [-0.2, -0.15) is 0 Å². The topological polar surface area (TPSA) is 102 Å². The van der Waals surface area contributed by atoms with Crippen molar-refractivity contribution in [2.24, 2.45) is 0 Å². The van der Waals surface area contributed by atoms with E-state index in [2.05, 4.69) is 11.4 Å². The zero-order valence-electron chi connectivity index (χ0n) is 19.5. The molecule has 1 saturated heterocycles. The van der Waals surface area contributed by atoms with Crippen LogP contribution < -0.4 is 5.32 Å². The first kappa shape index (κ1) is 23.8. The monoisotopic (exact) mass is 474 g/mol. The lowest BCUT2D eigenvalue weighted by Gasteiger charge is -2.28. The smallest absolute Gasteiger partial charge is 0.410 e.